The summed E-state index contributed by atoms with van der Waals surface area (Å²) in [5.41, 5.74) is 2.11. The van der Waals surface area contributed by atoms with Gasteiger partial charge in [0.1, 0.15) is 11.8 Å². The third kappa shape index (κ3) is 5.44. The normalized spacial score (nSPS) is 18.1. The molecule has 1 saturated heterocycles. The molecule has 2 aliphatic heterocycles. The van der Waals surface area contributed by atoms with Gasteiger partial charge in [-0.25, -0.2) is 4.79 Å². The molecule has 34 heavy (non-hydrogen) atoms. The Bertz CT molecular complexity index is 1040. The number of rotatable bonds is 6. The van der Waals surface area contributed by atoms with Crippen molar-refractivity contribution < 1.29 is 19.1 Å². The average molecular weight is 463 g/mol. The minimum Gasteiger partial charge on any atom is -0.461 e. The van der Waals surface area contributed by atoms with Gasteiger partial charge >= 0.3 is 5.97 Å². The molecule has 0 aliphatic carbocycles. The van der Waals surface area contributed by atoms with Gasteiger partial charge in [0.15, 0.2) is 0 Å². The standard InChI is InChI=1S/C26H30N4O4/c1-2-34-26(33)22-18-23(30(28-22)21-10-6-5-7-11-21)24(31)27-20-14-12-19(13-15-20)25(32)29-16-8-3-4-9-17-29/h5-7,10-15,23H,2-4,8-9,16-18H2,1H3,(H,27,31). The van der Waals surface area contributed by atoms with E-state index in [4.69, 9.17) is 4.74 Å². The fourth-order valence-electron chi connectivity index (χ4n) is 4.25. The Morgan fingerprint density at radius 2 is 1.65 bits per heavy atom. The summed E-state index contributed by atoms with van der Waals surface area (Å²) in [6, 6.07) is 15.5. The maximum absolute atomic E-state index is 13.2. The van der Waals surface area contributed by atoms with Gasteiger partial charge in [-0.05, 0) is 56.2 Å². The van der Waals surface area contributed by atoms with Crippen molar-refractivity contribution in [3.63, 3.8) is 0 Å². The number of anilines is 2. The number of hydrogen-bond donors (Lipinski definition) is 1. The molecule has 2 aromatic carbocycles. The Morgan fingerprint density at radius 1 is 0.971 bits per heavy atom. The quantitative estimate of drug-likeness (QED) is 0.659. The third-order valence-corrected chi connectivity index (χ3v) is 6.04. The van der Waals surface area contributed by atoms with Crippen LogP contribution in [0.1, 0.15) is 49.4 Å². The first-order valence-corrected chi connectivity index (χ1v) is 11.9. The lowest BCUT2D eigenvalue weighted by Crippen LogP contribution is -2.38. The van der Waals surface area contributed by atoms with Crippen LogP contribution in [-0.2, 0) is 14.3 Å². The number of esters is 1. The van der Waals surface area contributed by atoms with Gasteiger partial charge in [-0.2, -0.15) is 5.10 Å². The largest absolute Gasteiger partial charge is 0.461 e. The van der Waals surface area contributed by atoms with Crippen LogP contribution in [0.25, 0.3) is 0 Å². The van der Waals surface area contributed by atoms with Crippen molar-refractivity contribution in [3.8, 4) is 0 Å². The second-order valence-electron chi connectivity index (χ2n) is 8.44. The minimum atomic E-state index is -0.694. The van der Waals surface area contributed by atoms with Crippen molar-refractivity contribution >= 4 is 34.9 Å². The van der Waals surface area contributed by atoms with Crippen LogP contribution in [0.15, 0.2) is 59.7 Å². The molecule has 0 aromatic heterocycles. The summed E-state index contributed by atoms with van der Waals surface area (Å²) in [5, 5.41) is 8.84. The molecule has 2 aliphatic rings. The highest BCUT2D eigenvalue weighted by atomic mass is 16.5. The molecule has 0 radical (unpaired) electrons. The van der Waals surface area contributed by atoms with Crippen molar-refractivity contribution in [2.24, 2.45) is 5.10 Å². The zero-order chi connectivity index (χ0) is 23.9. The topological polar surface area (TPSA) is 91.3 Å². The number of ether oxygens (including phenoxy) is 1. The molecule has 8 heteroatoms. The SMILES string of the molecule is CCOC(=O)C1=NN(c2ccccc2)C(C(=O)Nc2ccc(C(=O)N3CCCCCC3)cc2)C1. The summed E-state index contributed by atoms with van der Waals surface area (Å²) in [7, 11) is 0. The Kier molecular flexibility index (Phi) is 7.57. The van der Waals surface area contributed by atoms with Gasteiger partial charge < -0.3 is 15.0 Å². The molecule has 2 heterocycles. The second kappa shape index (κ2) is 11.0. The smallest absolute Gasteiger partial charge is 0.354 e. The van der Waals surface area contributed by atoms with Gasteiger partial charge in [-0.3, -0.25) is 14.6 Å². The fourth-order valence-corrected chi connectivity index (χ4v) is 4.25. The van der Waals surface area contributed by atoms with Crippen molar-refractivity contribution in [3.05, 3.63) is 60.2 Å². The number of hydrazone groups is 1. The number of benzene rings is 2. The van der Waals surface area contributed by atoms with E-state index in [0.717, 1.165) is 38.8 Å². The number of carbonyl (C=O) groups excluding carboxylic acids is 3. The number of nitrogens with zero attached hydrogens (tertiary/aromatic N) is 3. The summed E-state index contributed by atoms with van der Waals surface area (Å²) in [6.45, 7) is 3.55. The molecule has 1 N–H and O–H groups in total. The van der Waals surface area contributed by atoms with Crippen LogP contribution in [-0.4, -0.2) is 54.1 Å². The Balaban J connectivity index is 1.45. The molecule has 2 aromatic rings. The minimum absolute atomic E-state index is 0.0262. The molecule has 0 bridgehead atoms. The molecule has 1 atom stereocenters. The summed E-state index contributed by atoms with van der Waals surface area (Å²) >= 11 is 0. The third-order valence-electron chi connectivity index (χ3n) is 6.04. The molecule has 8 nitrogen and oxygen atoms in total. The first-order chi connectivity index (χ1) is 16.6. The van der Waals surface area contributed by atoms with E-state index in [-0.39, 0.29) is 30.6 Å². The Morgan fingerprint density at radius 3 is 2.29 bits per heavy atom. The number of nitrogens with one attached hydrogen (secondary N) is 1. The van der Waals surface area contributed by atoms with E-state index in [1.165, 1.54) is 0 Å². The van der Waals surface area contributed by atoms with Crippen LogP contribution in [0.4, 0.5) is 11.4 Å². The Labute approximate surface area is 199 Å². The predicted molar refractivity (Wildman–Crippen MR) is 131 cm³/mol. The number of para-hydroxylation sites is 1. The molecule has 2 amide bonds. The van der Waals surface area contributed by atoms with E-state index in [2.05, 4.69) is 10.4 Å². The Hall–Kier alpha value is -3.68. The molecule has 1 unspecified atom stereocenters. The lowest BCUT2D eigenvalue weighted by molar-refractivity contribution is -0.135. The molecule has 4 rings (SSSR count). The summed E-state index contributed by atoms with van der Waals surface area (Å²) in [4.78, 5) is 40.2. The van der Waals surface area contributed by atoms with Crippen molar-refractivity contribution in [2.45, 2.75) is 45.1 Å². The number of hydrogen-bond acceptors (Lipinski definition) is 6. The second-order valence-corrected chi connectivity index (χ2v) is 8.44. The van der Waals surface area contributed by atoms with Crippen molar-refractivity contribution in [1.82, 2.24) is 4.90 Å². The van der Waals surface area contributed by atoms with Crippen LogP contribution in [0.3, 0.4) is 0 Å². The molecule has 0 saturated carbocycles. The van der Waals surface area contributed by atoms with Crippen LogP contribution < -0.4 is 10.3 Å². The van der Waals surface area contributed by atoms with Gasteiger partial charge in [0.05, 0.1) is 12.3 Å². The van der Waals surface area contributed by atoms with Crippen LogP contribution in [0, 0.1) is 0 Å². The summed E-state index contributed by atoms with van der Waals surface area (Å²) < 4.78 is 5.09. The monoisotopic (exact) mass is 462 g/mol. The highest BCUT2D eigenvalue weighted by Gasteiger charge is 2.37. The van der Waals surface area contributed by atoms with E-state index in [0.29, 0.717) is 16.9 Å². The van der Waals surface area contributed by atoms with E-state index in [9.17, 15) is 14.4 Å². The molecule has 178 valence electrons. The highest BCUT2D eigenvalue weighted by Crippen LogP contribution is 2.26. The van der Waals surface area contributed by atoms with Crippen LogP contribution in [0.2, 0.25) is 0 Å². The van der Waals surface area contributed by atoms with Crippen LogP contribution in [0.5, 0.6) is 0 Å². The molecular formula is C26H30N4O4. The van der Waals surface area contributed by atoms with E-state index < -0.39 is 12.0 Å². The maximum atomic E-state index is 13.2. The first kappa shape index (κ1) is 23.5. The van der Waals surface area contributed by atoms with E-state index in [1.54, 1.807) is 36.2 Å². The summed E-state index contributed by atoms with van der Waals surface area (Å²) in [5.74, 6) is -0.785. The zero-order valence-electron chi connectivity index (χ0n) is 19.4. The number of carbonyl (C=O) groups is 3. The van der Waals surface area contributed by atoms with Crippen molar-refractivity contribution in [2.75, 3.05) is 30.0 Å². The van der Waals surface area contributed by atoms with Gasteiger partial charge in [-0.15, -0.1) is 0 Å². The zero-order valence-corrected chi connectivity index (χ0v) is 19.4. The maximum Gasteiger partial charge on any atom is 0.354 e. The van der Waals surface area contributed by atoms with Gasteiger partial charge in [-0.1, -0.05) is 31.0 Å². The lowest BCUT2D eigenvalue weighted by atomic mass is 10.1. The van der Waals surface area contributed by atoms with Gasteiger partial charge in [0.25, 0.3) is 5.91 Å². The van der Waals surface area contributed by atoms with Crippen LogP contribution >= 0.6 is 0 Å². The van der Waals surface area contributed by atoms with Gasteiger partial charge in [0.2, 0.25) is 5.91 Å². The predicted octanol–water partition coefficient (Wildman–Crippen LogP) is 3.84. The average Bonchev–Trinajstić information content (AvgIpc) is 3.14. The molecular weight excluding hydrogens is 432 g/mol. The number of amides is 2. The fraction of sp³-hybridized carbons (Fsp3) is 0.385. The number of likely N-dealkylation sites (tertiary alicyclic amines) is 1. The van der Waals surface area contributed by atoms with E-state index >= 15 is 0 Å². The van der Waals surface area contributed by atoms with Gasteiger partial charge in [0, 0.05) is 30.8 Å². The lowest BCUT2D eigenvalue weighted by Gasteiger charge is -2.23. The van der Waals surface area contributed by atoms with E-state index in [1.807, 2.05) is 35.2 Å². The summed E-state index contributed by atoms with van der Waals surface area (Å²) in [6.07, 6.45) is 4.55. The first-order valence-electron chi connectivity index (χ1n) is 11.9. The highest BCUT2D eigenvalue weighted by molar-refractivity contribution is 6.38. The molecule has 1 fully saturated rings. The van der Waals surface area contributed by atoms with Crippen molar-refractivity contribution in [1.29, 1.82) is 0 Å². The molecule has 0 spiro atoms.